The molecule has 0 radical (unpaired) electrons. The number of anilines is 1. The lowest BCUT2D eigenvalue weighted by Gasteiger charge is -2.21. The van der Waals surface area contributed by atoms with Gasteiger partial charge in [0.1, 0.15) is 4.90 Å². The largest absolute Gasteiger partial charge is 0.279 e. The van der Waals surface area contributed by atoms with Crippen molar-refractivity contribution in [3.05, 3.63) is 71.0 Å². The molecule has 1 N–H and O–H groups in total. The van der Waals surface area contributed by atoms with Crippen LogP contribution >= 0.6 is 0 Å². The minimum atomic E-state index is -3.81. The van der Waals surface area contributed by atoms with Gasteiger partial charge in [0.2, 0.25) is 0 Å². The molecule has 5 nitrogen and oxygen atoms in total. The van der Waals surface area contributed by atoms with Crippen molar-refractivity contribution in [1.29, 1.82) is 0 Å². The van der Waals surface area contributed by atoms with Gasteiger partial charge in [-0.1, -0.05) is 64.1 Å². The third-order valence-corrected chi connectivity index (χ3v) is 6.70. The first-order valence-corrected chi connectivity index (χ1v) is 11.4. The van der Waals surface area contributed by atoms with Gasteiger partial charge in [-0.25, -0.2) is 13.1 Å². The van der Waals surface area contributed by atoms with E-state index in [1.165, 1.54) is 0 Å². The molecular formula is C23H29N3O2S. The van der Waals surface area contributed by atoms with Crippen molar-refractivity contribution in [2.75, 3.05) is 4.72 Å². The molecule has 3 rings (SSSR count). The molecule has 3 aromatic rings. The van der Waals surface area contributed by atoms with E-state index in [1.807, 2.05) is 48.5 Å². The number of para-hydroxylation sites is 2. The van der Waals surface area contributed by atoms with E-state index < -0.39 is 10.0 Å². The minimum absolute atomic E-state index is 0.195. The first-order chi connectivity index (χ1) is 13.6. The summed E-state index contributed by atoms with van der Waals surface area (Å²) in [5, 5.41) is 4.50. The number of aromatic nitrogens is 2. The number of rotatable bonds is 6. The molecule has 0 bridgehead atoms. The Labute approximate surface area is 173 Å². The third kappa shape index (κ3) is 4.08. The van der Waals surface area contributed by atoms with Crippen LogP contribution in [0.4, 0.5) is 5.69 Å². The summed E-state index contributed by atoms with van der Waals surface area (Å²) < 4.78 is 31.5. The highest BCUT2D eigenvalue weighted by atomic mass is 32.2. The Bertz CT molecular complexity index is 1090. The zero-order chi connectivity index (χ0) is 21.3. The number of sulfonamides is 1. The molecule has 0 aliphatic heterocycles. The smallest absolute Gasteiger partial charge is 0.265 e. The van der Waals surface area contributed by atoms with Gasteiger partial charge >= 0.3 is 0 Å². The van der Waals surface area contributed by atoms with Crippen LogP contribution in [0.15, 0.2) is 53.4 Å². The van der Waals surface area contributed by atoms with E-state index in [-0.39, 0.29) is 16.7 Å². The average molecular weight is 412 g/mol. The molecule has 1 heterocycles. The molecule has 0 atom stereocenters. The zero-order valence-electron chi connectivity index (χ0n) is 17.9. The van der Waals surface area contributed by atoms with Crippen LogP contribution in [-0.2, 0) is 10.0 Å². The molecule has 0 saturated carbocycles. The van der Waals surface area contributed by atoms with E-state index in [0.29, 0.717) is 17.1 Å². The number of nitrogens with one attached hydrogen (secondary N) is 1. The second-order valence-electron chi connectivity index (χ2n) is 7.97. The Morgan fingerprint density at radius 1 is 0.862 bits per heavy atom. The molecule has 0 fully saturated rings. The van der Waals surface area contributed by atoms with Gasteiger partial charge in [0, 0.05) is 0 Å². The molecule has 154 valence electrons. The third-order valence-electron chi connectivity index (χ3n) is 5.10. The van der Waals surface area contributed by atoms with Crippen molar-refractivity contribution in [1.82, 2.24) is 9.78 Å². The van der Waals surface area contributed by atoms with Gasteiger partial charge in [-0.3, -0.25) is 4.72 Å². The fraction of sp³-hybridized carbons (Fsp3) is 0.348. The van der Waals surface area contributed by atoms with Gasteiger partial charge in [0.15, 0.2) is 0 Å². The van der Waals surface area contributed by atoms with E-state index in [2.05, 4.69) is 37.5 Å². The highest BCUT2D eigenvalue weighted by molar-refractivity contribution is 7.92. The van der Waals surface area contributed by atoms with Crippen molar-refractivity contribution in [2.24, 2.45) is 0 Å². The SMILES string of the molecule is Cc1nn(-c2ccccc2)c(C)c1S(=O)(=O)Nc1c(C(C)C)cccc1C(C)C. The Balaban J connectivity index is 2.12. The van der Waals surface area contributed by atoms with Gasteiger partial charge in [0.05, 0.1) is 22.8 Å². The normalized spacial score (nSPS) is 12.0. The fourth-order valence-electron chi connectivity index (χ4n) is 3.69. The van der Waals surface area contributed by atoms with Crippen LogP contribution in [0, 0.1) is 13.8 Å². The minimum Gasteiger partial charge on any atom is -0.279 e. The first kappa shape index (κ1) is 21.1. The van der Waals surface area contributed by atoms with E-state index in [0.717, 1.165) is 16.8 Å². The summed E-state index contributed by atoms with van der Waals surface area (Å²) in [5.74, 6) is 0.390. The quantitative estimate of drug-likeness (QED) is 0.579. The second-order valence-corrected chi connectivity index (χ2v) is 9.59. The highest BCUT2D eigenvalue weighted by Crippen LogP contribution is 2.35. The molecule has 0 amide bonds. The summed E-state index contributed by atoms with van der Waals surface area (Å²) in [6.07, 6.45) is 0. The molecule has 6 heteroatoms. The lowest BCUT2D eigenvalue weighted by molar-refractivity contribution is 0.599. The lowest BCUT2D eigenvalue weighted by Crippen LogP contribution is -2.18. The highest BCUT2D eigenvalue weighted by Gasteiger charge is 2.27. The van der Waals surface area contributed by atoms with Gasteiger partial charge in [-0.2, -0.15) is 5.10 Å². The number of hydrogen-bond donors (Lipinski definition) is 1. The van der Waals surface area contributed by atoms with E-state index in [9.17, 15) is 8.42 Å². The van der Waals surface area contributed by atoms with Crippen molar-refractivity contribution in [3.8, 4) is 5.69 Å². The van der Waals surface area contributed by atoms with E-state index in [4.69, 9.17) is 0 Å². The topological polar surface area (TPSA) is 64.0 Å². The monoisotopic (exact) mass is 411 g/mol. The summed E-state index contributed by atoms with van der Waals surface area (Å²) in [5.41, 5.74) is 4.57. The Kier molecular flexibility index (Phi) is 5.85. The molecule has 1 aromatic heterocycles. The Morgan fingerprint density at radius 2 is 1.41 bits per heavy atom. The molecular weight excluding hydrogens is 382 g/mol. The maximum atomic E-state index is 13.5. The molecule has 0 spiro atoms. The fourth-order valence-corrected chi connectivity index (χ4v) is 5.20. The van der Waals surface area contributed by atoms with Gasteiger partial charge in [-0.15, -0.1) is 0 Å². The molecule has 0 saturated heterocycles. The molecule has 0 aliphatic rings. The predicted octanol–water partition coefficient (Wildman–Crippen LogP) is 5.54. The van der Waals surface area contributed by atoms with Crippen molar-refractivity contribution >= 4 is 15.7 Å². The standard InChI is InChI=1S/C23H29N3O2S/c1-15(2)20-13-10-14-21(16(3)4)22(20)25-29(27,28)23-17(5)24-26(18(23)6)19-11-8-7-9-12-19/h7-16,25H,1-6H3. The van der Waals surface area contributed by atoms with Crippen molar-refractivity contribution in [2.45, 2.75) is 58.3 Å². The summed E-state index contributed by atoms with van der Waals surface area (Å²) in [6.45, 7) is 11.8. The van der Waals surface area contributed by atoms with Crippen molar-refractivity contribution in [3.63, 3.8) is 0 Å². The number of aryl methyl sites for hydroxylation is 1. The number of nitrogens with zero attached hydrogens (tertiary/aromatic N) is 2. The summed E-state index contributed by atoms with van der Waals surface area (Å²) in [4.78, 5) is 0.231. The van der Waals surface area contributed by atoms with Crippen molar-refractivity contribution < 1.29 is 8.42 Å². The lowest BCUT2D eigenvalue weighted by atomic mass is 9.93. The van der Waals surface area contributed by atoms with E-state index >= 15 is 0 Å². The van der Waals surface area contributed by atoms with Crippen LogP contribution in [0.25, 0.3) is 5.69 Å². The number of benzene rings is 2. The Hall–Kier alpha value is -2.60. The predicted molar refractivity (Wildman–Crippen MR) is 118 cm³/mol. The second kappa shape index (κ2) is 8.03. The van der Waals surface area contributed by atoms with Crippen LogP contribution < -0.4 is 4.72 Å². The molecule has 2 aromatic carbocycles. The van der Waals surface area contributed by atoms with Gasteiger partial charge in [0.25, 0.3) is 10.0 Å². The zero-order valence-corrected chi connectivity index (χ0v) is 18.7. The summed E-state index contributed by atoms with van der Waals surface area (Å²) in [7, 11) is -3.81. The van der Waals surface area contributed by atoms with Crippen LogP contribution in [0.3, 0.4) is 0 Å². The first-order valence-electron chi connectivity index (χ1n) is 9.90. The average Bonchev–Trinajstić information content (AvgIpc) is 2.96. The van der Waals surface area contributed by atoms with Crippen LogP contribution in [0.1, 0.15) is 62.0 Å². The maximum Gasteiger partial charge on any atom is 0.265 e. The maximum absolute atomic E-state index is 13.5. The molecule has 0 unspecified atom stereocenters. The summed E-state index contributed by atoms with van der Waals surface area (Å²) in [6, 6.07) is 15.5. The van der Waals surface area contributed by atoms with E-state index in [1.54, 1.807) is 18.5 Å². The van der Waals surface area contributed by atoms with Gasteiger partial charge < -0.3 is 0 Å². The van der Waals surface area contributed by atoms with Crippen LogP contribution in [0.2, 0.25) is 0 Å². The Morgan fingerprint density at radius 3 is 1.93 bits per heavy atom. The van der Waals surface area contributed by atoms with Gasteiger partial charge in [-0.05, 0) is 48.9 Å². The van der Waals surface area contributed by atoms with Crippen LogP contribution in [0.5, 0.6) is 0 Å². The summed E-state index contributed by atoms with van der Waals surface area (Å²) >= 11 is 0. The van der Waals surface area contributed by atoms with Crippen LogP contribution in [-0.4, -0.2) is 18.2 Å². The molecule has 0 aliphatic carbocycles. The number of hydrogen-bond acceptors (Lipinski definition) is 3. The molecule has 29 heavy (non-hydrogen) atoms.